The molecule has 1 fully saturated rings. The molecule has 0 spiro atoms. The number of aliphatic hydroxyl groups is 1. The molecule has 20 heavy (non-hydrogen) atoms. The van der Waals surface area contributed by atoms with Crippen molar-refractivity contribution in [2.75, 3.05) is 11.5 Å². The zero-order chi connectivity index (χ0) is 15.2. The molecule has 1 aromatic carbocycles. The molecule has 2 atom stereocenters. The van der Waals surface area contributed by atoms with E-state index in [0.29, 0.717) is 5.56 Å². The van der Waals surface area contributed by atoms with Gasteiger partial charge in [0.2, 0.25) is 0 Å². The monoisotopic (exact) mass is 293 g/mol. The lowest BCUT2D eigenvalue weighted by Gasteiger charge is -2.38. The Kier molecular flexibility index (Phi) is 3.43. The van der Waals surface area contributed by atoms with E-state index in [-0.39, 0.29) is 17.9 Å². The van der Waals surface area contributed by atoms with Crippen LogP contribution >= 0.6 is 0 Å². The topological polar surface area (TPSA) is 78.2 Å². The third kappa shape index (κ3) is 2.23. The third-order valence-corrected chi connectivity index (χ3v) is 6.13. The van der Waals surface area contributed by atoms with Crippen molar-refractivity contribution in [2.45, 2.75) is 32.8 Å². The van der Waals surface area contributed by atoms with Gasteiger partial charge in [0.25, 0.3) is 0 Å². The minimum Gasteiger partial charge on any atom is -0.384 e. The summed E-state index contributed by atoms with van der Waals surface area (Å²) < 4.78 is 23.5. The molecule has 1 heterocycles. The molecule has 1 aromatic rings. The first kappa shape index (κ1) is 15.0. The Morgan fingerprint density at radius 3 is 2.55 bits per heavy atom. The summed E-state index contributed by atoms with van der Waals surface area (Å²) in [6, 6.07) is 7.73. The fraction of sp³-hybridized carbons (Fsp3) is 0.533. The second kappa shape index (κ2) is 4.57. The Morgan fingerprint density at radius 2 is 2.05 bits per heavy atom. The van der Waals surface area contributed by atoms with Crippen LogP contribution in [-0.4, -0.2) is 25.0 Å². The van der Waals surface area contributed by atoms with Gasteiger partial charge < -0.3 is 5.11 Å². The Labute approximate surface area is 120 Å². The van der Waals surface area contributed by atoms with Crippen LogP contribution < -0.4 is 0 Å². The van der Waals surface area contributed by atoms with E-state index in [1.165, 1.54) is 0 Å². The van der Waals surface area contributed by atoms with Crippen molar-refractivity contribution in [2.24, 2.45) is 5.41 Å². The molecule has 0 bridgehead atoms. The number of benzene rings is 1. The minimum absolute atomic E-state index is 0.0401. The number of hydrogen-bond donors (Lipinski definition) is 1. The molecular weight excluding hydrogens is 274 g/mol. The van der Waals surface area contributed by atoms with Gasteiger partial charge in [0.05, 0.1) is 17.6 Å². The number of nitrogens with zero attached hydrogens (tertiary/aromatic N) is 1. The second-order valence-corrected chi connectivity index (χ2v) is 8.11. The van der Waals surface area contributed by atoms with Crippen LogP contribution in [0, 0.1) is 30.6 Å². The summed E-state index contributed by atoms with van der Waals surface area (Å²) in [5.41, 5.74) is -0.290. The third-order valence-electron chi connectivity index (χ3n) is 4.37. The molecule has 2 rings (SSSR count). The molecular formula is C15H19NO3S. The normalized spacial score (nSPS) is 27.8. The van der Waals surface area contributed by atoms with Gasteiger partial charge in [0, 0.05) is 0 Å². The molecule has 1 saturated heterocycles. The SMILES string of the molecule is Cc1ccc(C)c(C(C)(O)C2(C#N)CCS(=O)(=O)C2)c1. The van der Waals surface area contributed by atoms with Gasteiger partial charge in [-0.3, -0.25) is 0 Å². The minimum atomic E-state index is -3.26. The van der Waals surface area contributed by atoms with Gasteiger partial charge in [-0.2, -0.15) is 5.26 Å². The molecule has 4 nitrogen and oxygen atoms in total. The molecule has 1 N–H and O–H groups in total. The van der Waals surface area contributed by atoms with E-state index in [0.717, 1.165) is 11.1 Å². The number of nitriles is 1. The maximum Gasteiger partial charge on any atom is 0.152 e. The molecule has 5 heteroatoms. The van der Waals surface area contributed by atoms with Crippen molar-refractivity contribution in [3.05, 3.63) is 34.9 Å². The molecule has 2 unspecified atom stereocenters. The highest BCUT2D eigenvalue weighted by Gasteiger charge is 2.55. The number of aryl methyl sites for hydroxylation is 2. The standard InChI is InChI=1S/C15H19NO3S/c1-11-4-5-12(2)13(8-11)14(3,17)15(9-16)6-7-20(18,19)10-15/h4-5,8,17H,6-7,10H2,1-3H3. The van der Waals surface area contributed by atoms with E-state index in [1.807, 2.05) is 32.0 Å². The van der Waals surface area contributed by atoms with Crippen LogP contribution in [0.25, 0.3) is 0 Å². The highest BCUT2D eigenvalue weighted by Crippen LogP contribution is 2.48. The molecule has 0 aromatic heterocycles. The Balaban J connectivity index is 2.59. The summed E-state index contributed by atoms with van der Waals surface area (Å²) in [4.78, 5) is 0. The maximum atomic E-state index is 11.8. The lowest BCUT2D eigenvalue weighted by molar-refractivity contribution is -0.0328. The number of hydrogen-bond acceptors (Lipinski definition) is 4. The second-order valence-electron chi connectivity index (χ2n) is 5.93. The predicted octanol–water partition coefficient (Wildman–Crippen LogP) is 1.84. The van der Waals surface area contributed by atoms with E-state index >= 15 is 0 Å². The van der Waals surface area contributed by atoms with E-state index in [4.69, 9.17) is 0 Å². The first-order chi connectivity index (χ1) is 9.13. The number of sulfone groups is 1. The van der Waals surface area contributed by atoms with Crippen molar-refractivity contribution in [1.29, 1.82) is 5.26 Å². The van der Waals surface area contributed by atoms with Crippen LogP contribution in [0.3, 0.4) is 0 Å². The largest absolute Gasteiger partial charge is 0.384 e. The van der Waals surface area contributed by atoms with E-state index in [2.05, 4.69) is 6.07 Å². The fourth-order valence-corrected chi connectivity index (χ4v) is 4.99. The summed E-state index contributed by atoms with van der Waals surface area (Å²) >= 11 is 0. The lowest BCUT2D eigenvalue weighted by atomic mass is 9.69. The summed E-state index contributed by atoms with van der Waals surface area (Å²) in [5.74, 6) is -0.321. The van der Waals surface area contributed by atoms with Crippen LogP contribution in [0.2, 0.25) is 0 Å². The highest BCUT2D eigenvalue weighted by atomic mass is 32.2. The van der Waals surface area contributed by atoms with Crippen LogP contribution in [0.1, 0.15) is 30.0 Å². The van der Waals surface area contributed by atoms with Gasteiger partial charge in [-0.1, -0.05) is 23.8 Å². The van der Waals surface area contributed by atoms with Crippen molar-refractivity contribution in [3.8, 4) is 6.07 Å². The lowest BCUT2D eigenvalue weighted by Crippen LogP contribution is -2.44. The zero-order valence-electron chi connectivity index (χ0n) is 12.0. The maximum absolute atomic E-state index is 11.8. The van der Waals surface area contributed by atoms with Gasteiger partial charge in [-0.15, -0.1) is 0 Å². The zero-order valence-corrected chi connectivity index (χ0v) is 12.8. The van der Waals surface area contributed by atoms with Crippen molar-refractivity contribution in [1.82, 2.24) is 0 Å². The van der Waals surface area contributed by atoms with Gasteiger partial charge in [0.15, 0.2) is 9.84 Å². The van der Waals surface area contributed by atoms with Gasteiger partial charge >= 0.3 is 0 Å². The van der Waals surface area contributed by atoms with Gasteiger partial charge in [0.1, 0.15) is 11.0 Å². The van der Waals surface area contributed by atoms with Crippen molar-refractivity contribution >= 4 is 9.84 Å². The summed E-state index contributed by atoms with van der Waals surface area (Å²) in [5, 5.41) is 20.5. The average molecular weight is 293 g/mol. The van der Waals surface area contributed by atoms with Gasteiger partial charge in [-0.05, 0) is 38.3 Å². The fourth-order valence-electron chi connectivity index (χ4n) is 2.95. The molecule has 0 aliphatic carbocycles. The predicted molar refractivity (Wildman–Crippen MR) is 76.8 cm³/mol. The van der Waals surface area contributed by atoms with Crippen molar-refractivity contribution < 1.29 is 13.5 Å². The Bertz CT molecular complexity index is 686. The molecule has 0 amide bonds. The Hall–Kier alpha value is -1.38. The molecule has 0 saturated carbocycles. The van der Waals surface area contributed by atoms with E-state index in [1.54, 1.807) is 6.92 Å². The van der Waals surface area contributed by atoms with E-state index < -0.39 is 20.9 Å². The quantitative estimate of drug-likeness (QED) is 0.902. The molecule has 1 aliphatic rings. The first-order valence-corrected chi connectivity index (χ1v) is 8.37. The Morgan fingerprint density at radius 1 is 1.40 bits per heavy atom. The van der Waals surface area contributed by atoms with Crippen LogP contribution in [0.15, 0.2) is 18.2 Å². The summed E-state index contributed by atoms with van der Waals surface area (Å²) in [6.07, 6.45) is 0.173. The highest BCUT2D eigenvalue weighted by molar-refractivity contribution is 7.91. The summed E-state index contributed by atoms with van der Waals surface area (Å²) in [7, 11) is -3.26. The first-order valence-electron chi connectivity index (χ1n) is 6.55. The van der Waals surface area contributed by atoms with E-state index in [9.17, 15) is 18.8 Å². The smallest absolute Gasteiger partial charge is 0.152 e. The molecule has 0 radical (unpaired) electrons. The number of rotatable bonds is 2. The summed E-state index contributed by atoms with van der Waals surface area (Å²) in [6.45, 7) is 5.32. The van der Waals surface area contributed by atoms with Crippen LogP contribution in [0.5, 0.6) is 0 Å². The van der Waals surface area contributed by atoms with Crippen LogP contribution in [-0.2, 0) is 15.4 Å². The van der Waals surface area contributed by atoms with Crippen LogP contribution in [0.4, 0.5) is 0 Å². The molecule has 108 valence electrons. The van der Waals surface area contributed by atoms with Crippen molar-refractivity contribution in [3.63, 3.8) is 0 Å². The molecule has 1 aliphatic heterocycles. The van der Waals surface area contributed by atoms with Gasteiger partial charge in [-0.25, -0.2) is 8.42 Å². The average Bonchev–Trinajstić information content (AvgIpc) is 2.69.